The molecule has 3 aromatic heterocycles. The number of hydrogen-bond acceptors (Lipinski definition) is 6. The maximum Gasteiger partial charge on any atom is 0.433 e. The molecule has 1 aliphatic heterocycles. The number of hydrogen-bond donors (Lipinski definition) is 0. The van der Waals surface area contributed by atoms with Crippen molar-refractivity contribution in [2.45, 2.75) is 26.1 Å². The summed E-state index contributed by atoms with van der Waals surface area (Å²) in [6.07, 6.45) is -3.64. The van der Waals surface area contributed by atoms with E-state index in [2.05, 4.69) is 20.1 Å². The van der Waals surface area contributed by atoms with Crippen LogP contribution in [-0.4, -0.2) is 55.1 Å². The van der Waals surface area contributed by atoms with Crippen LogP contribution in [0, 0.1) is 13.8 Å². The van der Waals surface area contributed by atoms with Gasteiger partial charge in [0.25, 0.3) is 11.7 Å². The Balaban J connectivity index is 1.60. The van der Waals surface area contributed by atoms with E-state index in [1.54, 1.807) is 9.42 Å². The molecule has 0 aromatic carbocycles. The van der Waals surface area contributed by atoms with Gasteiger partial charge in [-0.1, -0.05) is 0 Å². The quantitative estimate of drug-likeness (QED) is 0.650. The van der Waals surface area contributed by atoms with Crippen LogP contribution in [0.3, 0.4) is 0 Å². The molecule has 11 heteroatoms. The van der Waals surface area contributed by atoms with Crippen LogP contribution in [-0.2, 0) is 10.9 Å². The molecule has 3 aromatic rings. The third-order valence-corrected chi connectivity index (χ3v) is 4.70. The minimum atomic E-state index is -4.56. The van der Waals surface area contributed by atoms with Crippen molar-refractivity contribution in [3.05, 3.63) is 52.9 Å². The van der Waals surface area contributed by atoms with Gasteiger partial charge in [-0.25, -0.2) is 9.97 Å². The van der Waals surface area contributed by atoms with E-state index in [9.17, 15) is 18.0 Å². The van der Waals surface area contributed by atoms with E-state index in [-0.39, 0.29) is 24.4 Å². The summed E-state index contributed by atoms with van der Waals surface area (Å²) < 4.78 is 45.9. The van der Waals surface area contributed by atoms with Crippen molar-refractivity contribution in [3.8, 4) is 0 Å². The molecule has 0 aliphatic carbocycles. The fourth-order valence-corrected chi connectivity index (χ4v) is 3.32. The van der Waals surface area contributed by atoms with Gasteiger partial charge in [-0.15, -0.1) is 0 Å². The highest BCUT2D eigenvalue weighted by molar-refractivity contribution is 5.95. The highest BCUT2D eigenvalue weighted by atomic mass is 19.4. The van der Waals surface area contributed by atoms with Gasteiger partial charge in [0, 0.05) is 12.2 Å². The second-order valence-electron chi connectivity index (χ2n) is 6.73. The summed E-state index contributed by atoms with van der Waals surface area (Å²) in [7, 11) is 0. The standard InChI is InChI=1S/C18H17F3N6O2/c1-10-7-13(27-17(24-10)22-9-23-27)14-8-26(5-6-29-14)16(28)12-3-4-15(18(19,20)21)25-11(12)2/h3-4,7,9,14H,5-6,8H2,1-2H3. The molecule has 1 aliphatic rings. The predicted molar refractivity (Wildman–Crippen MR) is 94.1 cm³/mol. The van der Waals surface area contributed by atoms with Crippen molar-refractivity contribution < 1.29 is 22.7 Å². The highest BCUT2D eigenvalue weighted by Crippen LogP contribution is 2.29. The summed E-state index contributed by atoms with van der Waals surface area (Å²) in [5, 5.41) is 4.15. The predicted octanol–water partition coefficient (Wildman–Crippen LogP) is 2.37. The molecule has 1 atom stereocenters. The molecule has 1 unspecified atom stereocenters. The lowest BCUT2D eigenvalue weighted by Crippen LogP contribution is -2.43. The molecule has 0 spiro atoms. The molecular formula is C18H17F3N6O2. The van der Waals surface area contributed by atoms with Crippen LogP contribution in [0.5, 0.6) is 0 Å². The average Bonchev–Trinajstić information content (AvgIpc) is 3.14. The zero-order chi connectivity index (χ0) is 20.8. The number of nitrogens with zero attached hydrogens (tertiary/aromatic N) is 6. The van der Waals surface area contributed by atoms with E-state index < -0.39 is 23.9 Å². The molecule has 29 heavy (non-hydrogen) atoms. The number of rotatable bonds is 2. The van der Waals surface area contributed by atoms with E-state index >= 15 is 0 Å². The molecule has 4 rings (SSSR count). The Hall–Kier alpha value is -3.08. The summed E-state index contributed by atoms with van der Waals surface area (Å²) in [5.41, 5.74) is 0.578. The van der Waals surface area contributed by atoms with Gasteiger partial charge in [0.2, 0.25) is 0 Å². The molecule has 152 valence electrons. The SMILES string of the molecule is Cc1cc(C2CN(C(=O)c3ccc(C(F)(F)F)nc3C)CCO2)n2ncnc2n1. The van der Waals surface area contributed by atoms with Crippen LogP contribution in [0.2, 0.25) is 0 Å². The molecule has 0 bridgehead atoms. The number of carbonyl (C=O) groups excluding carboxylic acids is 1. The number of aryl methyl sites for hydroxylation is 2. The summed E-state index contributed by atoms with van der Waals surface area (Å²) in [5.74, 6) is 0.0347. The number of fused-ring (bicyclic) bond motifs is 1. The fraction of sp³-hybridized carbons (Fsp3) is 0.389. The van der Waals surface area contributed by atoms with Crippen LogP contribution in [0.1, 0.15) is 39.2 Å². The van der Waals surface area contributed by atoms with Gasteiger partial charge in [0.05, 0.1) is 30.1 Å². The van der Waals surface area contributed by atoms with Crippen LogP contribution in [0.15, 0.2) is 24.5 Å². The Bertz CT molecular complexity index is 1080. The molecular weight excluding hydrogens is 389 g/mol. The van der Waals surface area contributed by atoms with Gasteiger partial charge in [0.1, 0.15) is 18.1 Å². The Labute approximate surface area is 163 Å². The van der Waals surface area contributed by atoms with Crippen molar-refractivity contribution in [3.63, 3.8) is 0 Å². The number of aromatic nitrogens is 5. The monoisotopic (exact) mass is 406 g/mol. The maximum atomic E-state index is 12.9. The minimum Gasteiger partial charge on any atom is -0.368 e. The van der Waals surface area contributed by atoms with E-state index in [1.807, 2.05) is 13.0 Å². The molecule has 8 nitrogen and oxygen atoms in total. The molecule has 1 fully saturated rings. The largest absolute Gasteiger partial charge is 0.433 e. The maximum absolute atomic E-state index is 12.9. The second-order valence-corrected chi connectivity index (χ2v) is 6.73. The number of morpholine rings is 1. The third-order valence-electron chi connectivity index (χ3n) is 4.70. The lowest BCUT2D eigenvalue weighted by Gasteiger charge is -2.33. The van der Waals surface area contributed by atoms with Crippen LogP contribution < -0.4 is 0 Å². The van der Waals surface area contributed by atoms with Crippen molar-refractivity contribution >= 4 is 11.7 Å². The number of pyridine rings is 1. The van der Waals surface area contributed by atoms with Crippen LogP contribution in [0.25, 0.3) is 5.78 Å². The molecule has 4 heterocycles. The molecule has 1 amide bonds. The normalized spacial score (nSPS) is 17.7. The number of carbonyl (C=O) groups is 1. The van der Waals surface area contributed by atoms with E-state index in [0.717, 1.165) is 11.8 Å². The molecule has 0 N–H and O–H groups in total. The van der Waals surface area contributed by atoms with Crippen molar-refractivity contribution in [2.24, 2.45) is 0 Å². The topological polar surface area (TPSA) is 85.5 Å². The zero-order valence-electron chi connectivity index (χ0n) is 15.6. The lowest BCUT2D eigenvalue weighted by atomic mass is 10.1. The number of alkyl halides is 3. The van der Waals surface area contributed by atoms with Crippen LogP contribution >= 0.6 is 0 Å². The summed E-state index contributed by atoms with van der Waals surface area (Å²) in [6.45, 7) is 4.03. The van der Waals surface area contributed by atoms with Gasteiger partial charge in [-0.3, -0.25) is 4.79 Å². The first-order chi connectivity index (χ1) is 13.7. The second kappa shape index (κ2) is 7.07. The van der Waals surface area contributed by atoms with Gasteiger partial charge in [-0.2, -0.15) is 27.8 Å². The Morgan fingerprint density at radius 1 is 1.24 bits per heavy atom. The Morgan fingerprint density at radius 3 is 2.76 bits per heavy atom. The first-order valence-corrected chi connectivity index (χ1v) is 8.87. The lowest BCUT2D eigenvalue weighted by molar-refractivity contribution is -0.141. The first-order valence-electron chi connectivity index (χ1n) is 8.87. The summed E-state index contributed by atoms with van der Waals surface area (Å²) in [4.78, 5) is 26.4. The van der Waals surface area contributed by atoms with E-state index in [4.69, 9.17) is 4.74 Å². The minimum absolute atomic E-state index is 0.0336. The Morgan fingerprint density at radius 2 is 2.03 bits per heavy atom. The van der Waals surface area contributed by atoms with Gasteiger partial charge in [0.15, 0.2) is 0 Å². The van der Waals surface area contributed by atoms with Crippen molar-refractivity contribution in [2.75, 3.05) is 19.7 Å². The number of amides is 1. The first kappa shape index (κ1) is 19.2. The van der Waals surface area contributed by atoms with Gasteiger partial charge >= 0.3 is 6.18 Å². The summed E-state index contributed by atoms with van der Waals surface area (Å²) >= 11 is 0. The summed E-state index contributed by atoms with van der Waals surface area (Å²) in [6, 6.07) is 3.80. The number of ether oxygens (including phenoxy) is 1. The van der Waals surface area contributed by atoms with Crippen LogP contribution in [0.4, 0.5) is 13.2 Å². The van der Waals surface area contributed by atoms with E-state index in [1.165, 1.54) is 19.3 Å². The van der Waals surface area contributed by atoms with Gasteiger partial charge in [-0.05, 0) is 32.0 Å². The highest BCUT2D eigenvalue weighted by Gasteiger charge is 2.34. The molecule has 0 saturated carbocycles. The Kier molecular flexibility index (Phi) is 4.69. The van der Waals surface area contributed by atoms with Crippen molar-refractivity contribution in [1.29, 1.82) is 0 Å². The zero-order valence-corrected chi connectivity index (χ0v) is 15.6. The molecule has 0 radical (unpaired) electrons. The average molecular weight is 406 g/mol. The van der Waals surface area contributed by atoms with E-state index in [0.29, 0.717) is 18.0 Å². The molecule has 1 saturated heterocycles. The van der Waals surface area contributed by atoms with Crippen molar-refractivity contribution in [1.82, 2.24) is 29.5 Å². The van der Waals surface area contributed by atoms with Gasteiger partial charge < -0.3 is 9.64 Å². The smallest absolute Gasteiger partial charge is 0.368 e. The fourth-order valence-electron chi connectivity index (χ4n) is 3.32. The third kappa shape index (κ3) is 3.65. The number of halogens is 3.